The van der Waals surface area contributed by atoms with Crippen LogP contribution in [0, 0.1) is 16.6 Å². The summed E-state index contributed by atoms with van der Waals surface area (Å²) in [5.74, 6) is -6.94. The Morgan fingerprint density at radius 2 is 1.71 bits per heavy atom. The number of hydrogen-bond donors (Lipinski definition) is 6. The zero-order valence-corrected chi connectivity index (χ0v) is 20.6. The van der Waals surface area contributed by atoms with Crippen molar-refractivity contribution in [1.82, 2.24) is 5.32 Å². The van der Waals surface area contributed by atoms with Crippen molar-refractivity contribution < 1.29 is 56.8 Å². The van der Waals surface area contributed by atoms with Gasteiger partial charge in [0.05, 0.1) is 6.61 Å². The molecule has 1 aromatic heterocycles. The summed E-state index contributed by atoms with van der Waals surface area (Å²) in [6, 6.07) is 5.23. The van der Waals surface area contributed by atoms with E-state index in [9.17, 15) is 31.9 Å². The van der Waals surface area contributed by atoms with Gasteiger partial charge in [0, 0.05) is 15.9 Å². The predicted octanol–water partition coefficient (Wildman–Crippen LogP) is 2.15. The minimum Gasteiger partial charge on any atom is -0.480 e. The Morgan fingerprint density at radius 1 is 1.13 bits per heavy atom. The van der Waals surface area contributed by atoms with E-state index >= 15 is 0 Å². The molecule has 0 radical (unpaired) electrons. The molecule has 38 heavy (non-hydrogen) atoms. The fraction of sp³-hybridized carbons (Fsp3) is 0.318. The molecule has 0 aliphatic rings. The fourth-order valence-electron chi connectivity index (χ4n) is 2.54. The molecule has 16 heteroatoms. The van der Waals surface area contributed by atoms with Crippen molar-refractivity contribution >= 4 is 41.0 Å². The van der Waals surface area contributed by atoms with Crippen LogP contribution in [0.4, 0.5) is 17.6 Å². The van der Waals surface area contributed by atoms with Crippen molar-refractivity contribution in [2.24, 2.45) is 11.1 Å². The van der Waals surface area contributed by atoms with E-state index in [4.69, 9.17) is 36.0 Å². The van der Waals surface area contributed by atoms with E-state index in [1.807, 2.05) is 0 Å². The quantitative estimate of drug-likeness (QED) is 0.0866. The zero-order chi connectivity index (χ0) is 29.4. The molecule has 1 atom stereocenters. The third-order valence-electron chi connectivity index (χ3n) is 4.57. The number of carboxylic acids is 2. The summed E-state index contributed by atoms with van der Waals surface area (Å²) in [4.78, 5) is 45.5. The number of carbonyl (C=O) groups is 4. The number of aliphatic hydroxyl groups is 1. The number of aliphatic hydroxyl groups excluding tert-OH is 1. The minimum absolute atomic E-state index is 0.155. The maximum atomic E-state index is 14.1. The molecule has 2 aromatic rings. The number of alkyl halides is 3. The highest BCUT2D eigenvalue weighted by Crippen LogP contribution is 2.28. The number of amidine groups is 1. The van der Waals surface area contributed by atoms with Gasteiger partial charge in [-0.25, -0.2) is 18.8 Å². The van der Waals surface area contributed by atoms with Gasteiger partial charge in [-0.1, -0.05) is 13.8 Å². The Kier molecular flexibility index (Phi) is 10.9. The molecule has 0 saturated carbocycles. The fourth-order valence-corrected chi connectivity index (χ4v) is 3.65. The minimum atomic E-state index is -5.08. The molecule has 0 aliphatic carbocycles. The maximum absolute atomic E-state index is 14.1. The first kappa shape index (κ1) is 32.0. The average Bonchev–Trinajstić information content (AvgIpc) is 3.25. The Hall–Kier alpha value is -4.05. The number of carboxylic acid groups (broad SMARTS) is 2. The summed E-state index contributed by atoms with van der Waals surface area (Å²) in [7, 11) is 0. The van der Waals surface area contributed by atoms with Gasteiger partial charge in [0.1, 0.15) is 16.8 Å². The maximum Gasteiger partial charge on any atom is 0.490 e. The largest absolute Gasteiger partial charge is 0.490 e. The van der Waals surface area contributed by atoms with Crippen LogP contribution in [-0.4, -0.2) is 63.8 Å². The first-order valence-corrected chi connectivity index (χ1v) is 11.1. The van der Waals surface area contributed by atoms with Crippen LogP contribution in [0.25, 0.3) is 0 Å². The van der Waals surface area contributed by atoms with E-state index in [-0.39, 0.29) is 28.4 Å². The molecule has 1 aromatic carbocycles. The molecule has 2 rings (SSSR count). The van der Waals surface area contributed by atoms with Crippen molar-refractivity contribution in [2.75, 3.05) is 6.61 Å². The van der Waals surface area contributed by atoms with Crippen LogP contribution >= 0.6 is 11.3 Å². The van der Waals surface area contributed by atoms with E-state index in [1.54, 1.807) is 19.9 Å². The topological polar surface area (TPSA) is 200 Å². The number of ether oxygens (including phenoxy) is 1. The van der Waals surface area contributed by atoms with E-state index in [0.29, 0.717) is 4.88 Å². The van der Waals surface area contributed by atoms with Crippen LogP contribution in [-0.2, 0) is 20.8 Å². The van der Waals surface area contributed by atoms with E-state index in [0.717, 1.165) is 17.4 Å². The lowest BCUT2D eigenvalue weighted by molar-refractivity contribution is -0.192. The van der Waals surface area contributed by atoms with Gasteiger partial charge in [0.25, 0.3) is 0 Å². The summed E-state index contributed by atoms with van der Waals surface area (Å²) >= 11 is 1.05. The third kappa shape index (κ3) is 9.44. The summed E-state index contributed by atoms with van der Waals surface area (Å²) in [5, 5.41) is 34.7. The molecular weight excluding hydrogens is 542 g/mol. The van der Waals surface area contributed by atoms with Crippen LogP contribution in [0.15, 0.2) is 30.3 Å². The Bertz CT molecular complexity index is 1210. The van der Waals surface area contributed by atoms with Crippen molar-refractivity contribution in [2.45, 2.75) is 32.5 Å². The number of esters is 1. The van der Waals surface area contributed by atoms with Crippen LogP contribution in [0.1, 0.15) is 34.0 Å². The number of amides is 1. The first-order valence-electron chi connectivity index (χ1n) is 10.3. The molecule has 1 amide bonds. The number of hydrogen-bond acceptors (Lipinski definition) is 8. The molecule has 0 saturated heterocycles. The smallest absolute Gasteiger partial charge is 0.480 e. The summed E-state index contributed by atoms with van der Waals surface area (Å²) in [6.45, 7) is 2.46. The molecule has 0 fully saturated rings. The summed E-state index contributed by atoms with van der Waals surface area (Å²) < 4.78 is 50.9. The van der Waals surface area contributed by atoms with Crippen LogP contribution < -0.4 is 15.8 Å². The lowest BCUT2D eigenvalue weighted by Gasteiger charge is -2.24. The van der Waals surface area contributed by atoms with E-state index in [1.165, 1.54) is 18.2 Å². The number of benzene rings is 1. The number of nitrogens with one attached hydrogen (secondary N) is 2. The average molecular weight is 565 g/mol. The highest BCUT2D eigenvalue weighted by Gasteiger charge is 2.38. The first-order chi connectivity index (χ1) is 17.4. The molecule has 1 heterocycles. The van der Waals surface area contributed by atoms with Crippen molar-refractivity contribution in [3.8, 4) is 5.75 Å². The second kappa shape index (κ2) is 13.0. The van der Waals surface area contributed by atoms with Gasteiger partial charge in [-0.05, 0) is 36.8 Å². The van der Waals surface area contributed by atoms with Gasteiger partial charge in [-0.2, -0.15) is 13.2 Å². The van der Waals surface area contributed by atoms with Gasteiger partial charge < -0.3 is 31.1 Å². The van der Waals surface area contributed by atoms with Gasteiger partial charge >= 0.3 is 24.1 Å². The third-order valence-corrected chi connectivity index (χ3v) is 5.63. The normalized spacial score (nSPS) is 12.0. The molecule has 0 bridgehead atoms. The standard InChI is InChI=1S/C20H22FN3O6S.C2HF3O2/c1-20(2,19(29)24-13(9-25)17(26)27)8-11-4-6-15(31-11)18(28)30-14-5-3-10(16(22)23)7-12(14)21;3-2(4,5)1(6)7/h3-7,13,25H,8-9H2,1-2H3,(H3,22,23)(H,24,29)(H,26,27);(H,6,7)/t13-;/m0./s1. The second-order valence-corrected chi connectivity index (χ2v) is 9.29. The van der Waals surface area contributed by atoms with Crippen molar-refractivity contribution in [3.05, 3.63) is 51.5 Å². The summed E-state index contributed by atoms with van der Waals surface area (Å²) in [6.07, 6.45) is -4.89. The van der Waals surface area contributed by atoms with Crippen molar-refractivity contribution in [1.29, 1.82) is 5.41 Å². The van der Waals surface area contributed by atoms with Crippen LogP contribution in [0.3, 0.4) is 0 Å². The zero-order valence-electron chi connectivity index (χ0n) is 19.8. The Labute approximate surface area is 216 Å². The number of nitrogens with two attached hydrogens (primary N) is 1. The molecule has 0 unspecified atom stereocenters. The van der Waals surface area contributed by atoms with Crippen LogP contribution in [0.2, 0.25) is 0 Å². The van der Waals surface area contributed by atoms with E-state index in [2.05, 4.69) is 5.32 Å². The molecule has 0 spiro atoms. The van der Waals surface area contributed by atoms with Crippen LogP contribution in [0.5, 0.6) is 5.75 Å². The highest BCUT2D eigenvalue weighted by molar-refractivity contribution is 7.14. The molecule has 0 aliphatic heterocycles. The number of rotatable bonds is 9. The molecule has 11 nitrogen and oxygen atoms in total. The SMILES string of the molecule is CC(C)(Cc1ccc(C(=O)Oc2ccc(C(=N)N)cc2F)s1)C(=O)N[C@@H](CO)C(=O)O.O=C(O)C(F)(F)F. The number of carbonyl (C=O) groups excluding carboxylic acids is 2. The summed E-state index contributed by atoms with van der Waals surface area (Å²) in [5.41, 5.74) is 4.42. The van der Waals surface area contributed by atoms with Crippen molar-refractivity contribution in [3.63, 3.8) is 0 Å². The monoisotopic (exact) mass is 565 g/mol. The second-order valence-electron chi connectivity index (χ2n) is 8.12. The Morgan fingerprint density at radius 3 is 2.16 bits per heavy atom. The number of thiophene rings is 1. The lowest BCUT2D eigenvalue weighted by Crippen LogP contribution is -2.48. The van der Waals surface area contributed by atoms with Gasteiger partial charge in [-0.15, -0.1) is 11.3 Å². The van der Waals surface area contributed by atoms with E-state index < -0.39 is 53.9 Å². The lowest BCUT2D eigenvalue weighted by atomic mass is 9.87. The Balaban J connectivity index is 0.000000905. The van der Waals surface area contributed by atoms with Gasteiger partial charge in [0.15, 0.2) is 11.6 Å². The number of aliphatic carboxylic acids is 2. The predicted molar refractivity (Wildman–Crippen MR) is 125 cm³/mol. The van der Waals surface area contributed by atoms with Gasteiger partial charge in [-0.3, -0.25) is 10.2 Å². The molecule has 7 N–H and O–H groups in total. The molecular formula is C22H23F4N3O8S. The van der Waals surface area contributed by atoms with Gasteiger partial charge in [0.2, 0.25) is 5.91 Å². The highest BCUT2D eigenvalue weighted by atomic mass is 32.1. The number of nitrogen functional groups attached to an aromatic ring is 1. The molecule has 208 valence electrons. The number of halogens is 4.